The van der Waals surface area contributed by atoms with Crippen LogP contribution < -0.4 is 15.6 Å². The Kier molecular flexibility index (Phi) is 6.13. The summed E-state index contributed by atoms with van der Waals surface area (Å²) < 4.78 is 0. The molecule has 0 saturated heterocycles. The first-order valence-corrected chi connectivity index (χ1v) is 10.3. The molecule has 0 aliphatic carbocycles. The molecule has 0 fully saturated rings. The highest BCUT2D eigenvalue weighted by Gasteiger charge is 2.32. The Hall–Kier alpha value is -4.52. The van der Waals surface area contributed by atoms with E-state index in [0.717, 1.165) is 16.8 Å². The summed E-state index contributed by atoms with van der Waals surface area (Å²) >= 11 is 0. The van der Waals surface area contributed by atoms with Crippen molar-refractivity contribution in [3.8, 4) is 0 Å². The van der Waals surface area contributed by atoms with Crippen molar-refractivity contribution in [3.63, 3.8) is 0 Å². The van der Waals surface area contributed by atoms with Gasteiger partial charge in [0.05, 0.1) is 5.69 Å². The van der Waals surface area contributed by atoms with Crippen LogP contribution in [0.1, 0.15) is 27.0 Å². The molecule has 7 nitrogen and oxygen atoms in total. The maximum atomic E-state index is 13.0. The third-order valence-electron chi connectivity index (χ3n) is 5.18. The normalized spacial score (nSPS) is 14.2. The minimum atomic E-state index is -0.646. The number of hydrogen-bond acceptors (Lipinski definition) is 4. The van der Waals surface area contributed by atoms with Gasteiger partial charge in [-0.2, -0.15) is 5.10 Å². The smallest absolute Gasteiger partial charge is 0.287 e. The summed E-state index contributed by atoms with van der Waals surface area (Å²) in [6.45, 7) is 1.92. The number of hydrazone groups is 1. The molecule has 3 aromatic rings. The summed E-state index contributed by atoms with van der Waals surface area (Å²) in [6.07, 6.45) is 1.55. The van der Waals surface area contributed by atoms with Crippen molar-refractivity contribution in [3.05, 3.63) is 107 Å². The number of nitrogens with zero attached hydrogens (tertiary/aromatic N) is 2. The van der Waals surface area contributed by atoms with E-state index in [4.69, 9.17) is 0 Å². The van der Waals surface area contributed by atoms with Gasteiger partial charge < -0.3 is 10.2 Å². The zero-order valence-electron chi connectivity index (χ0n) is 18.2. The topological polar surface area (TPSA) is 90.9 Å². The third-order valence-corrected chi connectivity index (χ3v) is 5.18. The van der Waals surface area contributed by atoms with Crippen LogP contribution in [0.5, 0.6) is 0 Å². The molecule has 2 N–H and O–H groups in total. The molecule has 0 saturated carbocycles. The maximum absolute atomic E-state index is 13.0. The maximum Gasteiger partial charge on any atom is 0.287 e. The van der Waals surface area contributed by atoms with Gasteiger partial charge in [0.25, 0.3) is 17.7 Å². The van der Waals surface area contributed by atoms with Crippen LogP contribution in [0.25, 0.3) is 6.08 Å². The molecule has 0 bridgehead atoms. The first kappa shape index (κ1) is 21.7. The van der Waals surface area contributed by atoms with E-state index in [1.165, 1.54) is 4.90 Å². The molecular formula is C26H22N4O3. The molecule has 7 heteroatoms. The predicted molar refractivity (Wildman–Crippen MR) is 128 cm³/mol. The van der Waals surface area contributed by atoms with E-state index in [1.807, 2.05) is 55.5 Å². The Balaban J connectivity index is 1.62. The number of likely N-dealkylation sites (N-methyl/N-ethyl adjacent to an activating group) is 1. The largest absolute Gasteiger partial charge is 0.317 e. The van der Waals surface area contributed by atoms with Gasteiger partial charge in [-0.15, -0.1) is 0 Å². The highest BCUT2D eigenvalue weighted by molar-refractivity contribution is 6.54. The second kappa shape index (κ2) is 9.32. The second-order valence-electron chi connectivity index (χ2n) is 7.57. The van der Waals surface area contributed by atoms with E-state index < -0.39 is 11.8 Å². The number of anilines is 1. The number of fused-ring (bicyclic) bond motifs is 1. The van der Waals surface area contributed by atoms with Crippen LogP contribution in [-0.2, 0) is 9.59 Å². The van der Waals surface area contributed by atoms with Crippen molar-refractivity contribution in [2.75, 3.05) is 11.9 Å². The summed E-state index contributed by atoms with van der Waals surface area (Å²) in [4.78, 5) is 39.8. The van der Waals surface area contributed by atoms with E-state index >= 15 is 0 Å². The lowest BCUT2D eigenvalue weighted by molar-refractivity contribution is -0.117. The van der Waals surface area contributed by atoms with E-state index in [-0.39, 0.29) is 17.3 Å². The molecule has 3 amide bonds. The number of hydrogen-bond donors (Lipinski definition) is 2. The SMILES string of the molecule is Cc1ccc2c(c1)C(=NNC(=O)C(=Cc1ccccc1)NC(=O)c1ccccc1)C(=O)N2C. The Morgan fingerprint density at radius 3 is 2.30 bits per heavy atom. The second-order valence-corrected chi connectivity index (χ2v) is 7.57. The third kappa shape index (κ3) is 4.72. The number of aryl methyl sites for hydroxylation is 1. The van der Waals surface area contributed by atoms with Crippen molar-refractivity contribution < 1.29 is 14.4 Å². The van der Waals surface area contributed by atoms with Crippen LogP contribution in [0.15, 0.2) is 89.7 Å². The fraction of sp³-hybridized carbons (Fsp3) is 0.0769. The Bertz CT molecular complexity index is 1280. The number of carbonyl (C=O) groups excluding carboxylic acids is 3. The van der Waals surface area contributed by atoms with Gasteiger partial charge in [-0.25, -0.2) is 5.43 Å². The van der Waals surface area contributed by atoms with Crippen molar-refractivity contribution in [2.24, 2.45) is 5.10 Å². The van der Waals surface area contributed by atoms with Gasteiger partial charge in [-0.3, -0.25) is 14.4 Å². The van der Waals surface area contributed by atoms with Crippen LogP contribution in [0.2, 0.25) is 0 Å². The van der Waals surface area contributed by atoms with E-state index in [9.17, 15) is 14.4 Å². The van der Waals surface area contributed by atoms with Crippen LogP contribution >= 0.6 is 0 Å². The van der Waals surface area contributed by atoms with Crippen molar-refractivity contribution in [1.29, 1.82) is 0 Å². The van der Waals surface area contributed by atoms with Crippen LogP contribution in [0.3, 0.4) is 0 Å². The highest BCUT2D eigenvalue weighted by atomic mass is 16.2. The first-order chi connectivity index (χ1) is 15.9. The van der Waals surface area contributed by atoms with Crippen LogP contribution in [0, 0.1) is 6.92 Å². The molecule has 3 aromatic carbocycles. The molecule has 0 radical (unpaired) electrons. The summed E-state index contributed by atoms with van der Waals surface area (Å²) in [5.41, 5.74) is 6.03. The van der Waals surface area contributed by atoms with Gasteiger partial charge in [0, 0.05) is 18.2 Å². The van der Waals surface area contributed by atoms with Crippen molar-refractivity contribution in [1.82, 2.24) is 10.7 Å². The minimum absolute atomic E-state index is 0.00247. The van der Waals surface area contributed by atoms with Crippen LogP contribution in [-0.4, -0.2) is 30.5 Å². The predicted octanol–water partition coefficient (Wildman–Crippen LogP) is 3.26. The van der Waals surface area contributed by atoms with Gasteiger partial charge in [-0.1, -0.05) is 60.2 Å². The number of amides is 3. The van der Waals surface area contributed by atoms with E-state index in [2.05, 4.69) is 15.8 Å². The Labute approximate surface area is 191 Å². The molecule has 0 spiro atoms. The molecule has 0 atom stereocenters. The molecule has 0 unspecified atom stereocenters. The molecular weight excluding hydrogens is 416 g/mol. The Morgan fingerprint density at radius 2 is 1.61 bits per heavy atom. The van der Waals surface area contributed by atoms with E-state index in [0.29, 0.717) is 11.1 Å². The standard InChI is InChI=1S/C26H22N4O3/c1-17-13-14-22-20(15-17)23(26(33)30(22)2)28-29-25(32)21(16-18-9-5-3-6-10-18)27-24(31)19-11-7-4-8-12-19/h3-16H,1-2H3,(H,27,31)(H,29,32). The summed E-state index contributed by atoms with van der Waals surface area (Å²) in [5.74, 6) is -1.40. The van der Waals surface area contributed by atoms with Crippen LogP contribution in [0.4, 0.5) is 5.69 Å². The van der Waals surface area contributed by atoms with Gasteiger partial charge in [0.1, 0.15) is 5.70 Å². The van der Waals surface area contributed by atoms with Crippen molar-refractivity contribution >= 4 is 35.2 Å². The summed E-state index contributed by atoms with van der Waals surface area (Å²) in [6, 6.07) is 23.3. The molecule has 0 aromatic heterocycles. The zero-order chi connectivity index (χ0) is 23.4. The number of benzene rings is 3. The summed E-state index contributed by atoms with van der Waals surface area (Å²) in [7, 11) is 1.65. The molecule has 4 rings (SSSR count). The molecule has 1 aliphatic heterocycles. The number of carbonyl (C=O) groups is 3. The van der Waals surface area contributed by atoms with Gasteiger partial charge >= 0.3 is 0 Å². The lowest BCUT2D eigenvalue weighted by atomic mass is 10.1. The molecule has 33 heavy (non-hydrogen) atoms. The van der Waals surface area contributed by atoms with Gasteiger partial charge in [0.15, 0.2) is 5.71 Å². The number of rotatable bonds is 5. The zero-order valence-corrected chi connectivity index (χ0v) is 18.2. The fourth-order valence-electron chi connectivity index (χ4n) is 3.45. The molecule has 1 heterocycles. The Morgan fingerprint density at radius 1 is 0.939 bits per heavy atom. The summed E-state index contributed by atoms with van der Waals surface area (Å²) in [5, 5.41) is 6.76. The van der Waals surface area contributed by atoms with E-state index in [1.54, 1.807) is 43.5 Å². The average molecular weight is 438 g/mol. The minimum Gasteiger partial charge on any atom is -0.317 e. The highest BCUT2D eigenvalue weighted by Crippen LogP contribution is 2.28. The average Bonchev–Trinajstić information content (AvgIpc) is 3.07. The van der Waals surface area contributed by atoms with Gasteiger partial charge in [0.2, 0.25) is 0 Å². The van der Waals surface area contributed by atoms with Crippen molar-refractivity contribution in [2.45, 2.75) is 6.92 Å². The first-order valence-electron chi connectivity index (χ1n) is 10.3. The number of nitrogens with one attached hydrogen (secondary N) is 2. The lowest BCUT2D eigenvalue weighted by Crippen LogP contribution is -2.34. The quantitative estimate of drug-likeness (QED) is 0.473. The van der Waals surface area contributed by atoms with Gasteiger partial charge in [-0.05, 0) is 42.8 Å². The molecule has 164 valence electrons. The monoisotopic (exact) mass is 438 g/mol. The fourth-order valence-corrected chi connectivity index (χ4v) is 3.45. The molecule has 1 aliphatic rings. The lowest BCUT2D eigenvalue weighted by Gasteiger charge is -2.10.